The summed E-state index contributed by atoms with van der Waals surface area (Å²) in [5.41, 5.74) is 7.38. The Kier molecular flexibility index (Phi) is 4.04. The summed E-state index contributed by atoms with van der Waals surface area (Å²) in [4.78, 5) is 12.2. The van der Waals surface area contributed by atoms with Gasteiger partial charge in [-0.1, -0.05) is 18.2 Å². The topological polar surface area (TPSA) is 55.1 Å². The second kappa shape index (κ2) is 5.56. The van der Waals surface area contributed by atoms with Crippen molar-refractivity contribution < 1.29 is 9.18 Å². The molecule has 0 unspecified atom stereocenters. The van der Waals surface area contributed by atoms with E-state index in [4.69, 9.17) is 5.73 Å². The molecule has 3 N–H and O–H groups in total. The standard InChI is InChI=1S/C14H12FIN2O/c1-8-4-2-5-9(12(8)16)14(19)18-13-10(15)6-3-7-11(13)17/h2-7H,17H2,1H3,(H,18,19). The number of para-hydroxylation sites is 1. The fraction of sp³-hybridized carbons (Fsp3) is 0.0714. The lowest BCUT2D eigenvalue weighted by Crippen LogP contribution is -2.16. The molecule has 0 saturated carbocycles. The van der Waals surface area contributed by atoms with Gasteiger partial charge >= 0.3 is 0 Å². The van der Waals surface area contributed by atoms with E-state index in [2.05, 4.69) is 27.9 Å². The predicted molar refractivity (Wildman–Crippen MR) is 82.7 cm³/mol. The molecular weight excluding hydrogens is 358 g/mol. The van der Waals surface area contributed by atoms with Crippen molar-refractivity contribution in [2.24, 2.45) is 0 Å². The van der Waals surface area contributed by atoms with Crippen LogP contribution in [0.5, 0.6) is 0 Å². The lowest BCUT2D eigenvalue weighted by atomic mass is 10.1. The van der Waals surface area contributed by atoms with Crippen LogP contribution in [0, 0.1) is 16.3 Å². The van der Waals surface area contributed by atoms with Gasteiger partial charge in [-0.15, -0.1) is 0 Å². The number of halogens is 2. The molecule has 19 heavy (non-hydrogen) atoms. The zero-order valence-electron chi connectivity index (χ0n) is 10.2. The predicted octanol–water partition coefficient (Wildman–Crippen LogP) is 3.57. The van der Waals surface area contributed by atoms with Crippen molar-refractivity contribution in [2.75, 3.05) is 11.1 Å². The summed E-state index contributed by atoms with van der Waals surface area (Å²) < 4.78 is 14.5. The first-order valence-electron chi connectivity index (χ1n) is 5.61. The molecule has 0 saturated heterocycles. The lowest BCUT2D eigenvalue weighted by molar-refractivity contribution is 0.102. The number of aryl methyl sites for hydroxylation is 1. The summed E-state index contributed by atoms with van der Waals surface area (Å²) in [6.45, 7) is 1.91. The van der Waals surface area contributed by atoms with E-state index in [1.165, 1.54) is 12.1 Å². The van der Waals surface area contributed by atoms with Crippen LogP contribution < -0.4 is 11.1 Å². The van der Waals surface area contributed by atoms with E-state index in [-0.39, 0.29) is 17.3 Å². The molecular formula is C14H12FIN2O. The van der Waals surface area contributed by atoms with Gasteiger partial charge in [0.1, 0.15) is 11.5 Å². The monoisotopic (exact) mass is 370 g/mol. The first-order valence-corrected chi connectivity index (χ1v) is 6.69. The summed E-state index contributed by atoms with van der Waals surface area (Å²) in [6.07, 6.45) is 0. The highest BCUT2D eigenvalue weighted by molar-refractivity contribution is 14.1. The zero-order valence-corrected chi connectivity index (χ0v) is 12.4. The summed E-state index contributed by atoms with van der Waals surface area (Å²) in [5.74, 6) is -0.916. The molecule has 0 radical (unpaired) electrons. The number of benzene rings is 2. The molecule has 0 aliphatic carbocycles. The molecule has 0 heterocycles. The Morgan fingerprint density at radius 3 is 2.63 bits per heavy atom. The number of carbonyl (C=O) groups excluding carboxylic acids is 1. The van der Waals surface area contributed by atoms with Gasteiger partial charge in [0.25, 0.3) is 5.91 Å². The lowest BCUT2D eigenvalue weighted by Gasteiger charge is -2.11. The maximum atomic E-state index is 13.6. The molecule has 0 atom stereocenters. The van der Waals surface area contributed by atoms with E-state index in [9.17, 15) is 9.18 Å². The fourth-order valence-electron chi connectivity index (χ4n) is 1.68. The normalized spacial score (nSPS) is 10.3. The maximum Gasteiger partial charge on any atom is 0.256 e. The number of rotatable bonds is 2. The number of anilines is 2. The Hall–Kier alpha value is -1.63. The fourth-order valence-corrected chi connectivity index (χ4v) is 2.28. The highest BCUT2D eigenvalue weighted by atomic mass is 127. The van der Waals surface area contributed by atoms with Crippen LogP contribution in [0.4, 0.5) is 15.8 Å². The second-order valence-corrected chi connectivity index (χ2v) is 5.17. The molecule has 1 amide bonds. The summed E-state index contributed by atoms with van der Waals surface area (Å²) in [7, 11) is 0. The van der Waals surface area contributed by atoms with Crippen LogP contribution in [0.2, 0.25) is 0 Å². The number of hydrogen-bond acceptors (Lipinski definition) is 2. The number of amides is 1. The van der Waals surface area contributed by atoms with Gasteiger partial charge in [-0.3, -0.25) is 4.79 Å². The van der Waals surface area contributed by atoms with Crippen molar-refractivity contribution in [3.05, 3.63) is 56.9 Å². The smallest absolute Gasteiger partial charge is 0.256 e. The molecule has 2 aromatic rings. The van der Waals surface area contributed by atoms with Crippen LogP contribution in [0.25, 0.3) is 0 Å². The Labute approximate surface area is 124 Å². The van der Waals surface area contributed by atoms with Gasteiger partial charge < -0.3 is 11.1 Å². The van der Waals surface area contributed by atoms with Crippen molar-refractivity contribution in [1.82, 2.24) is 0 Å². The van der Waals surface area contributed by atoms with Gasteiger partial charge in [0.2, 0.25) is 0 Å². The highest BCUT2D eigenvalue weighted by Crippen LogP contribution is 2.24. The third-order valence-electron chi connectivity index (χ3n) is 2.72. The second-order valence-electron chi connectivity index (χ2n) is 4.09. The van der Waals surface area contributed by atoms with Crippen LogP contribution in [0.15, 0.2) is 36.4 Å². The van der Waals surface area contributed by atoms with Crippen molar-refractivity contribution in [1.29, 1.82) is 0 Å². The minimum Gasteiger partial charge on any atom is -0.397 e. The van der Waals surface area contributed by atoms with Crippen LogP contribution in [0.3, 0.4) is 0 Å². The van der Waals surface area contributed by atoms with Gasteiger partial charge in [0, 0.05) is 3.57 Å². The molecule has 0 aliphatic heterocycles. The van der Waals surface area contributed by atoms with E-state index >= 15 is 0 Å². The average Bonchev–Trinajstić information content (AvgIpc) is 2.37. The number of nitrogens with two attached hydrogens (primary N) is 1. The number of hydrogen-bond donors (Lipinski definition) is 2. The zero-order chi connectivity index (χ0) is 14.0. The molecule has 2 aromatic carbocycles. The van der Waals surface area contributed by atoms with Gasteiger partial charge in [0.05, 0.1) is 11.3 Å². The molecule has 0 aromatic heterocycles. The van der Waals surface area contributed by atoms with Gasteiger partial charge in [0.15, 0.2) is 0 Å². The highest BCUT2D eigenvalue weighted by Gasteiger charge is 2.14. The van der Waals surface area contributed by atoms with Gasteiger partial charge in [-0.25, -0.2) is 4.39 Å². The van der Waals surface area contributed by atoms with Crippen molar-refractivity contribution in [3.8, 4) is 0 Å². The maximum absolute atomic E-state index is 13.6. The third kappa shape index (κ3) is 2.86. The molecule has 98 valence electrons. The minimum absolute atomic E-state index is 0.0183. The summed E-state index contributed by atoms with van der Waals surface area (Å²) >= 11 is 2.09. The van der Waals surface area contributed by atoms with Crippen molar-refractivity contribution in [3.63, 3.8) is 0 Å². The van der Waals surface area contributed by atoms with E-state index in [0.29, 0.717) is 5.56 Å². The van der Waals surface area contributed by atoms with E-state index < -0.39 is 5.82 Å². The molecule has 0 spiro atoms. The quantitative estimate of drug-likeness (QED) is 0.627. The minimum atomic E-state index is -0.545. The number of carbonyl (C=O) groups is 1. The summed E-state index contributed by atoms with van der Waals surface area (Å²) in [5, 5.41) is 2.52. The number of nitrogens with one attached hydrogen (secondary N) is 1. The molecule has 5 heteroatoms. The van der Waals surface area contributed by atoms with Crippen LogP contribution in [-0.2, 0) is 0 Å². The van der Waals surface area contributed by atoms with Crippen molar-refractivity contribution >= 4 is 39.9 Å². The van der Waals surface area contributed by atoms with Crippen LogP contribution >= 0.6 is 22.6 Å². The van der Waals surface area contributed by atoms with E-state index in [1.807, 2.05) is 13.0 Å². The largest absolute Gasteiger partial charge is 0.397 e. The first kappa shape index (κ1) is 13.8. The Morgan fingerprint density at radius 1 is 1.26 bits per heavy atom. The third-order valence-corrected chi connectivity index (χ3v) is 4.15. The van der Waals surface area contributed by atoms with Crippen molar-refractivity contribution in [2.45, 2.75) is 6.92 Å². The Bertz CT molecular complexity index is 623. The molecule has 0 bridgehead atoms. The summed E-state index contributed by atoms with van der Waals surface area (Å²) in [6, 6.07) is 9.69. The molecule has 2 rings (SSSR count). The number of nitrogen functional groups attached to an aromatic ring is 1. The van der Waals surface area contributed by atoms with Crippen LogP contribution in [0.1, 0.15) is 15.9 Å². The van der Waals surface area contributed by atoms with E-state index in [1.54, 1.807) is 18.2 Å². The molecule has 3 nitrogen and oxygen atoms in total. The average molecular weight is 370 g/mol. The van der Waals surface area contributed by atoms with Gasteiger partial charge in [-0.2, -0.15) is 0 Å². The SMILES string of the molecule is Cc1cccc(C(=O)Nc2c(N)cccc2F)c1I. The first-order chi connectivity index (χ1) is 9.00. The molecule has 0 aliphatic rings. The van der Waals surface area contributed by atoms with E-state index in [0.717, 1.165) is 9.13 Å². The Balaban J connectivity index is 2.34. The van der Waals surface area contributed by atoms with Crippen LogP contribution in [-0.4, -0.2) is 5.91 Å². The Morgan fingerprint density at radius 2 is 1.95 bits per heavy atom. The molecule has 0 fully saturated rings. The van der Waals surface area contributed by atoms with Gasteiger partial charge in [-0.05, 0) is 53.3 Å².